The van der Waals surface area contributed by atoms with E-state index in [4.69, 9.17) is 4.74 Å². The van der Waals surface area contributed by atoms with Crippen molar-refractivity contribution >= 4 is 29.7 Å². The molecule has 1 N–H and O–H groups in total. The normalized spacial score (nSPS) is 24.5. The van der Waals surface area contributed by atoms with Crippen LogP contribution in [-0.4, -0.2) is 48.9 Å². The Labute approximate surface area is 147 Å². The molecule has 2 atom stereocenters. The number of hydrogen-bond acceptors (Lipinski definition) is 8. The van der Waals surface area contributed by atoms with Crippen LogP contribution in [0.15, 0.2) is 57.4 Å². The standard InChI is InChI=1S/C17H14O7S/c1-22-14(18)12-10-8-11(25-9-6-4-3-5-7-9)17(21,16(20)24-10)13(12)15(19)23-2/h3-8,10,21H,1-2H3/t10-,17-/m0/s1. The van der Waals surface area contributed by atoms with Crippen molar-refractivity contribution in [3.63, 3.8) is 0 Å². The molecule has 4 rings (SSSR count). The number of esters is 3. The molecule has 3 aliphatic rings. The Hall–Kier alpha value is -2.58. The van der Waals surface area contributed by atoms with Crippen LogP contribution in [0.3, 0.4) is 0 Å². The van der Waals surface area contributed by atoms with E-state index in [-0.39, 0.29) is 10.5 Å². The maximum Gasteiger partial charge on any atom is 0.349 e. The quantitative estimate of drug-likeness (QED) is 0.625. The fourth-order valence-corrected chi connectivity index (χ4v) is 3.78. The second kappa shape index (κ2) is 6.38. The van der Waals surface area contributed by atoms with Gasteiger partial charge in [0.2, 0.25) is 5.60 Å². The number of carbonyl (C=O) groups is 3. The number of aliphatic hydroxyl groups is 1. The van der Waals surface area contributed by atoms with Crippen LogP contribution in [-0.2, 0) is 28.6 Å². The molecular weight excluding hydrogens is 348 g/mol. The van der Waals surface area contributed by atoms with Gasteiger partial charge in [-0.25, -0.2) is 14.4 Å². The maximum absolute atomic E-state index is 12.3. The van der Waals surface area contributed by atoms with E-state index < -0.39 is 35.2 Å². The van der Waals surface area contributed by atoms with Gasteiger partial charge >= 0.3 is 17.9 Å². The Morgan fingerprint density at radius 1 is 1.16 bits per heavy atom. The van der Waals surface area contributed by atoms with E-state index in [0.717, 1.165) is 30.9 Å². The molecule has 130 valence electrons. The Kier molecular flexibility index (Phi) is 4.40. The van der Waals surface area contributed by atoms with E-state index in [1.54, 1.807) is 24.3 Å². The maximum atomic E-state index is 12.3. The summed E-state index contributed by atoms with van der Waals surface area (Å²) in [7, 11) is 2.22. The van der Waals surface area contributed by atoms with Gasteiger partial charge in [0.05, 0.1) is 25.4 Å². The third-order valence-corrected chi connectivity index (χ3v) is 5.03. The van der Waals surface area contributed by atoms with Gasteiger partial charge in [-0.1, -0.05) is 30.0 Å². The Bertz CT molecular complexity index is 812. The van der Waals surface area contributed by atoms with Gasteiger partial charge < -0.3 is 19.3 Å². The summed E-state index contributed by atoms with van der Waals surface area (Å²) < 4.78 is 14.4. The molecule has 2 heterocycles. The molecule has 0 radical (unpaired) electrons. The first-order valence-electron chi connectivity index (χ1n) is 7.23. The molecule has 1 aromatic rings. The highest BCUT2D eigenvalue weighted by molar-refractivity contribution is 8.03. The minimum atomic E-state index is -2.42. The molecule has 0 unspecified atom stereocenters. The molecule has 2 aliphatic heterocycles. The van der Waals surface area contributed by atoms with Crippen molar-refractivity contribution in [1.29, 1.82) is 0 Å². The first-order valence-corrected chi connectivity index (χ1v) is 8.05. The highest BCUT2D eigenvalue weighted by Crippen LogP contribution is 2.48. The zero-order chi connectivity index (χ0) is 18.2. The van der Waals surface area contributed by atoms with Crippen molar-refractivity contribution in [1.82, 2.24) is 0 Å². The number of thioether (sulfide) groups is 1. The molecule has 0 saturated heterocycles. The van der Waals surface area contributed by atoms with Crippen LogP contribution in [0, 0.1) is 0 Å². The summed E-state index contributed by atoms with van der Waals surface area (Å²) in [4.78, 5) is 37.6. The first kappa shape index (κ1) is 17.2. The molecule has 0 aromatic heterocycles. The Morgan fingerprint density at radius 2 is 1.80 bits per heavy atom. The van der Waals surface area contributed by atoms with Gasteiger partial charge in [0, 0.05) is 9.80 Å². The number of benzene rings is 1. The van der Waals surface area contributed by atoms with E-state index in [0.29, 0.717) is 0 Å². The van der Waals surface area contributed by atoms with Crippen LogP contribution >= 0.6 is 11.8 Å². The summed E-state index contributed by atoms with van der Waals surface area (Å²) in [5.41, 5.74) is -3.14. The SMILES string of the molecule is COC(=O)C1=C(C(=O)OC)[C@]2(O)C(=O)O[C@H]1C=C2Sc1ccccc1. The van der Waals surface area contributed by atoms with Gasteiger partial charge in [-0.15, -0.1) is 0 Å². The van der Waals surface area contributed by atoms with Crippen LogP contribution in [0.5, 0.6) is 0 Å². The molecule has 0 spiro atoms. The third kappa shape index (κ3) is 2.63. The summed E-state index contributed by atoms with van der Waals surface area (Å²) in [5, 5.41) is 11.1. The fourth-order valence-electron chi connectivity index (χ4n) is 2.71. The summed E-state index contributed by atoms with van der Waals surface area (Å²) in [6.07, 6.45) is 0.298. The van der Waals surface area contributed by atoms with Crippen LogP contribution in [0.2, 0.25) is 0 Å². The van der Waals surface area contributed by atoms with Gasteiger partial charge in [0.1, 0.15) is 0 Å². The van der Waals surface area contributed by atoms with E-state index in [9.17, 15) is 19.5 Å². The van der Waals surface area contributed by atoms with Crippen molar-refractivity contribution < 1.29 is 33.7 Å². The zero-order valence-corrected chi connectivity index (χ0v) is 14.2. The highest BCUT2D eigenvalue weighted by Gasteiger charge is 2.60. The molecule has 0 saturated carbocycles. The van der Waals surface area contributed by atoms with Gasteiger partial charge in [0.25, 0.3) is 0 Å². The molecule has 25 heavy (non-hydrogen) atoms. The number of methoxy groups -OCH3 is 2. The topological polar surface area (TPSA) is 99.1 Å². The molecule has 1 aliphatic carbocycles. The third-order valence-electron chi connectivity index (χ3n) is 3.87. The largest absolute Gasteiger partial charge is 0.466 e. The van der Waals surface area contributed by atoms with Crippen molar-refractivity contribution in [3.05, 3.63) is 52.5 Å². The number of rotatable bonds is 4. The van der Waals surface area contributed by atoms with Crippen LogP contribution < -0.4 is 0 Å². The number of hydrogen-bond donors (Lipinski definition) is 1. The van der Waals surface area contributed by atoms with Gasteiger partial charge in [-0.05, 0) is 18.2 Å². The van der Waals surface area contributed by atoms with Gasteiger partial charge in [0.15, 0.2) is 6.10 Å². The summed E-state index contributed by atoms with van der Waals surface area (Å²) in [6, 6.07) is 8.98. The average molecular weight is 362 g/mol. The molecule has 0 fully saturated rings. The van der Waals surface area contributed by atoms with Gasteiger partial charge in [-0.2, -0.15) is 0 Å². The number of carbonyl (C=O) groups excluding carboxylic acids is 3. The lowest BCUT2D eigenvalue weighted by Crippen LogP contribution is -2.56. The van der Waals surface area contributed by atoms with Crippen LogP contribution in [0.25, 0.3) is 0 Å². The van der Waals surface area contributed by atoms with Crippen molar-refractivity contribution in [2.45, 2.75) is 16.6 Å². The predicted molar refractivity (Wildman–Crippen MR) is 86.3 cm³/mol. The Balaban J connectivity index is 2.13. The first-order chi connectivity index (χ1) is 11.9. The zero-order valence-electron chi connectivity index (χ0n) is 13.3. The highest BCUT2D eigenvalue weighted by atomic mass is 32.2. The van der Waals surface area contributed by atoms with Crippen LogP contribution in [0.4, 0.5) is 0 Å². The lowest BCUT2D eigenvalue weighted by Gasteiger charge is -2.41. The van der Waals surface area contributed by atoms with E-state index in [2.05, 4.69) is 9.47 Å². The summed E-state index contributed by atoms with van der Waals surface area (Å²) in [6.45, 7) is 0. The minimum Gasteiger partial charge on any atom is -0.466 e. The average Bonchev–Trinajstić information content (AvgIpc) is 2.62. The second-order valence-electron chi connectivity index (χ2n) is 5.25. The molecule has 7 nitrogen and oxygen atoms in total. The summed E-state index contributed by atoms with van der Waals surface area (Å²) >= 11 is 1.10. The van der Waals surface area contributed by atoms with Crippen molar-refractivity contribution in [2.24, 2.45) is 0 Å². The fraction of sp³-hybridized carbons (Fsp3) is 0.235. The minimum absolute atomic E-state index is 0.174. The molecule has 8 heteroatoms. The Morgan fingerprint density at radius 3 is 2.40 bits per heavy atom. The number of ether oxygens (including phenoxy) is 3. The van der Waals surface area contributed by atoms with Crippen LogP contribution in [0.1, 0.15) is 0 Å². The second-order valence-corrected chi connectivity index (χ2v) is 6.37. The van der Waals surface area contributed by atoms with E-state index >= 15 is 0 Å². The monoisotopic (exact) mass is 362 g/mol. The smallest absolute Gasteiger partial charge is 0.349 e. The van der Waals surface area contributed by atoms with E-state index in [1.807, 2.05) is 6.07 Å². The molecule has 0 amide bonds. The lowest BCUT2D eigenvalue weighted by atomic mass is 9.79. The molecule has 2 bridgehead atoms. The molecule has 1 aromatic carbocycles. The van der Waals surface area contributed by atoms with Crippen molar-refractivity contribution in [3.8, 4) is 0 Å². The van der Waals surface area contributed by atoms with Crippen molar-refractivity contribution in [2.75, 3.05) is 14.2 Å². The molecular formula is C17H14O7S. The lowest BCUT2D eigenvalue weighted by molar-refractivity contribution is -0.169. The predicted octanol–water partition coefficient (Wildman–Crippen LogP) is 0.975. The summed E-state index contributed by atoms with van der Waals surface area (Å²) in [5.74, 6) is -2.91. The number of fused-ring (bicyclic) bond motifs is 1. The van der Waals surface area contributed by atoms with E-state index in [1.165, 1.54) is 6.08 Å². The van der Waals surface area contributed by atoms with Gasteiger partial charge in [-0.3, -0.25) is 0 Å².